The van der Waals surface area contributed by atoms with Crippen LogP contribution in [0.1, 0.15) is 6.42 Å². The number of hydrogen-bond donors (Lipinski definition) is 1. The molecule has 0 amide bonds. The molecule has 0 aromatic heterocycles. The van der Waals surface area contributed by atoms with E-state index in [0.717, 1.165) is 19.3 Å². The predicted molar refractivity (Wildman–Crippen MR) is 37.6 cm³/mol. The van der Waals surface area contributed by atoms with E-state index in [4.69, 9.17) is 5.53 Å². The molecule has 0 atom stereocenters. The molecule has 0 aliphatic heterocycles. The van der Waals surface area contributed by atoms with Crippen molar-refractivity contribution in [3.8, 4) is 0 Å². The van der Waals surface area contributed by atoms with Gasteiger partial charge in [-0.2, -0.15) is 0 Å². The molecule has 0 heterocycles. The highest BCUT2D eigenvalue weighted by Gasteiger charge is 1.83. The van der Waals surface area contributed by atoms with Gasteiger partial charge in [0.2, 0.25) is 0 Å². The Balaban J connectivity index is 2.90. The molecule has 0 spiro atoms. The van der Waals surface area contributed by atoms with Crippen LogP contribution in [0.3, 0.4) is 0 Å². The molecule has 0 fully saturated rings. The molecule has 0 aliphatic rings. The SMILES string of the molecule is [N-]=[N+]=NCCCNCC=O. The third kappa shape index (κ3) is 6.94. The van der Waals surface area contributed by atoms with Crippen LogP contribution in [-0.4, -0.2) is 25.9 Å². The van der Waals surface area contributed by atoms with Crippen molar-refractivity contribution in [1.82, 2.24) is 5.32 Å². The van der Waals surface area contributed by atoms with Crippen LogP contribution in [0, 0.1) is 0 Å². The van der Waals surface area contributed by atoms with E-state index >= 15 is 0 Å². The van der Waals surface area contributed by atoms with Crippen molar-refractivity contribution >= 4 is 6.29 Å². The number of azide groups is 1. The van der Waals surface area contributed by atoms with Crippen molar-refractivity contribution in [2.75, 3.05) is 19.6 Å². The number of nitrogens with one attached hydrogen (secondary N) is 1. The molecule has 0 radical (unpaired) electrons. The van der Waals surface area contributed by atoms with Crippen molar-refractivity contribution in [2.24, 2.45) is 5.11 Å². The second-order valence-corrected chi connectivity index (χ2v) is 1.68. The second-order valence-electron chi connectivity index (χ2n) is 1.68. The fourth-order valence-corrected chi connectivity index (χ4v) is 0.480. The lowest BCUT2D eigenvalue weighted by atomic mass is 10.4. The largest absolute Gasteiger partial charge is 0.310 e. The Morgan fingerprint density at radius 3 is 3.10 bits per heavy atom. The van der Waals surface area contributed by atoms with Crippen LogP contribution in [0.25, 0.3) is 10.4 Å². The lowest BCUT2D eigenvalue weighted by Crippen LogP contribution is -2.17. The molecular formula is C5H10N4O. The van der Waals surface area contributed by atoms with Gasteiger partial charge in [0.05, 0.1) is 6.54 Å². The Bertz CT molecular complexity index is 130. The van der Waals surface area contributed by atoms with Gasteiger partial charge in [0, 0.05) is 11.5 Å². The van der Waals surface area contributed by atoms with Crippen LogP contribution >= 0.6 is 0 Å². The van der Waals surface area contributed by atoms with Gasteiger partial charge in [-0.25, -0.2) is 0 Å². The summed E-state index contributed by atoms with van der Waals surface area (Å²) in [6.07, 6.45) is 1.57. The van der Waals surface area contributed by atoms with Crippen molar-refractivity contribution in [3.63, 3.8) is 0 Å². The summed E-state index contributed by atoms with van der Waals surface area (Å²) in [6.45, 7) is 1.58. The first-order valence-corrected chi connectivity index (χ1v) is 3.07. The van der Waals surface area contributed by atoms with E-state index < -0.39 is 0 Å². The van der Waals surface area contributed by atoms with Gasteiger partial charge in [0.1, 0.15) is 6.29 Å². The van der Waals surface area contributed by atoms with Gasteiger partial charge in [-0.1, -0.05) is 5.11 Å². The molecule has 0 aliphatic carbocycles. The average Bonchev–Trinajstić information content (AvgIpc) is 1.97. The van der Waals surface area contributed by atoms with E-state index in [-0.39, 0.29) is 0 Å². The van der Waals surface area contributed by atoms with Crippen LogP contribution in [0.5, 0.6) is 0 Å². The normalized spacial score (nSPS) is 8.40. The van der Waals surface area contributed by atoms with E-state index in [0.29, 0.717) is 13.1 Å². The van der Waals surface area contributed by atoms with Gasteiger partial charge in [0.15, 0.2) is 0 Å². The summed E-state index contributed by atoms with van der Waals surface area (Å²) in [5.74, 6) is 0. The van der Waals surface area contributed by atoms with Crippen molar-refractivity contribution in [1.29, 1.82) is 0 Å². The fraction of sp³-hybridized carbons (Fsp3) is 0.800. The quantitative estimate of drug-likeness (QED) is 0.192. The summed E-state index contributed by atoms with van der Waals surface area (Å²) in [7, 11) is 0. The van der Waals surface area contributed by atoms with Crippen LogP contribution in [0.2, 0.25) is 0 Å². The van der Waals surface area contributed by atoms with Crippen molar-refractivity contribution in [3.05, 3.63) is 10.4 Å². The molecule has 0 aromatic carbocycles. The number of hydrogen-bond acceptors (Lipinski definition) is 3. The minimum Gasteiger partial charge on any atom is -0.310 e. The first-order valence-electron chi connectivity index (χ1n) is 3.07. The minimum atomic E-state index is 0.371. The number of rotatable bonds is 6. The summed E-state index contributed by atoms with van der Waals surface area (Å²) >= 11 is 0. The Morgan fingerprint density at radius 1 is 1.70 bits per heavy atom. The molecule has 1 N–H and O–H groups in total. The Hall–Kier alpha value is -1.06. The molecular weight excluding hydrogens is 132 g/mol. The van der Waals surface area contributed by atoms with E-state index in [1.165, 1.54) is 0 Å². The van der Waals surface area contributed by atoms with E-state index in [2.05, 4.69) is 15.3 Å². The topological polar surface area (TPSA) is 77.9 Å². The minimum absolute atomic E-state index is 0.371. The third-order valence-electron chi connectivity index (χ3n) is 0.903. The Morgan fingerprint density at radius 2 is 2.50 bits per heavy atom. The zero-order chi connectivity index (χ0) is 7.66. The zero-order valence-corrected chi connectivity index (χ0v) is 5.66. The second kappa shape index (κ2) is 7.94. The first-order chi connectivity index (χ1) is 4.91. The smallest absolute Gasteiger partial charge is 0.133 e. The van der Waals surface area contributed by atoms with E-state index in [1.807, 2.05) is 0 Å². The molecule has 0 saturated carbocycles. The van der Waals surface area contributed by atoms with Gasteiger partial charge >= 0.3 is 0 Å². The highest BCUT2D eigenvalue weighted by molar-refractivity contribution is 5.51. The monoisotopic (exact) mass is 142 g/mol. The van der Waals surface area contributed by atoms with Gasteiger partial charge in [-0.05, 0) is 18.5 Å². The van der Waals surface area contributed by atoms with E-state index in [9.17, 15) is 4.79 Å². The number of nitrogens with zero attached hydrogens (tertiary/aromatic N) is 3. The van der Waals surface area contributed by atoms with E-state index in [1.54, 1.807) is 0 Å². The predicted octanol–water partition coefficient (Wildman–Crippen LogP) is 0.475. The highest BCUT2D eigenvalue weighted by Crippen LogP contribution is 1.77. The standard InChI is InChI=1S/C5H10N4O/c6-9-8-3-1-2-7-4-5-10/h5,7H,1-4H2. The molecule has 0 saturated heterocycles. The number of aldehydes is 1. The molecule has 0 unspecified atom stereocenters. The molecule has 0 bridgehead atoms. The van der Waals surface area contributed by atoms with Crippen LogP contribution in [-0.2, 0) is 4.79 Å². The van der Waals surface area contributed by atoms with Crippen LogP contribution in [0.4, 0.5) is 0 Å². The summed E-state index contributed by atoms with van der Waals surface area (Å²) in [5, 5.41) is 6.16. The Kier molecular flexibility index (Phi) is 7.10. The molecule has 10 heavy (non-hydrogen) atoms. The molecule has 0 aromatic rings. The molecule has 5 nitrogen and oxygen atoms in total. The van der Waals surface area contributed by atoms with Gasteiger partial charge in [0.25, 0.3) is 0 Å². The maximum Gasteiger partial charge on any atom is 0.133 e. The molecule has 0 rings (SSSR count). The highest BCUT2D eigenvalue weighted by atomic mass is 16.1. The maximum absolute atomic E-state index is 9.75. The number of carbonyl (C=O) groups excluding carboxylic acids is 1. The van der Waals surface area contributed by atoms with Gasteiger partial charge < -0.3 is 10.1 Å². The van der Waals surface area contributed by atoms with Gasteiger partial charge in [-0.15, -0.1) is 0 Å². The summed E-state index contributed by atoms with van der Waals surface area (Å²) in [5.41, 5.74) is 7.85. The lowest BCUT2D eigenvalue weighted by molar-refractivity contribution is -0.107. The fourth-order valence-electron chi connectivity index (χ4n) is 0.480. The summed E-state index contributed by atoms with van der Waals surface area (Å²) < 4.78 is 0. The molecule has 56 valence electrons. The van der Waals surface area contributed by atoms with Crippen molar-refractivity contribution < 1.29 is 4.79 Å². The summed E-state index contributed by atoms with van der Waals surface area (Å²) in [6, 6.07) is 0. The Labute approximate surface area is 59.0 Å². The number of carbonyl (C=O) groups is 1. The van der Waals surface area contributed by atoms with Crippen LogP contribution < -0.4 is 5.32 Å². The third-order valence-corrected chi connectivity index (χ3v) is 0.903. The van der Waals surface area contributed by atoms with Crippen molar-refractivity contribution in [2.45, 2.75) is 6.42 Å². The average molecular weight is 142 g/mol. The lowest BCUT2D eigenvalue weighted by Gasteiger charge is -1.94. The zero-order valence-electron chi connectivity index (χ0n) is 5.66. The maximum atomic E-state index is 9.75. The first kappa shape index (κ1) is 8.94. The van der Waals surface area contributed by atoms with Gasteiger partial charge in [-0.3, -0.25) is 0 Å². The molecule has 5 heteroatoms. The summed E-state index contributed by atoms with van der Waals surface area (Å²) in [4.78, 5) is 12.3. The van der Waals surface area contributed by atoms with Crippen LogP contribution in [0.15, 0.2) is 5.11 Å².